The minimum absolute atomic E-state index is 0.0446. The van der Waals surface area contributed by atoms with E-state index < -0.39 is 23.7 Å². The predicted octanol–water partition coefficient (Wildman–Crippen LogP) is 3.64. The molecular weight excluding hydrogens is 326 g/mol. The van der Waals surface area contributed by atoms with Crippen LogP contribution in [-0.2, 0) is 14.3 Å². The lowest BCUT2D eigenvalue weighted by molar-refractivity contribution is -0.145. The maximum atomic E-state index is 12.5. The quantitative estimate of drug-likeness (QED) is 0.778. The molecule has 0 spiro atoms. The lowest BCUT2D eigenvalue weighted by Crippen LogP contribution is -2.43. The molecule has 1 aromatic carbocycles. The SMILES string of the molecule is [2H]CC(C)(C)OC(=O)N1C[C@H](Sc2ccc(C)cc2)C[C@H]1C(=O)OC. The zero-order valence-electron chi connectivity index (χ0n) is 15.6. The molecule has 0 unspecified atom stereocenters. The molecule has 1 amide bonds. The van der Waals surface area contributed by atoms with Crippen LogP contribution in [0.15, 0.2) is 29.2 Å². The molecule has 1 fully saturated rings. The van der Waals surface area contributed by atoms with Crippen LogP contribution in [0.1, 0.15) is 34.1 Å². The van der Waals surface area contributed by atoms with E-state index in [0.717, 1.165) is 4.90 Å². The number of aryl methyl sites for hydroxylation is 1. The molecule has 2 atom stereocenters. The molecule has 0 saturated carbocycles. The smallest absolute Gasteiger partial charge is 0.411 e. The van der Waals surface area contributed by atoms with Gasteiger partial charge in [-0.1, -0.05) is 17.7 Å². The Morgan fingerprint density at radius 1 is 1.33 bits per heavy atom. The third-order valence-electron chi connectivity index (χ3n) is 3.66. The molecule has 1 aliphatic heterocycles. The first-order valence-corrected chi connectivity index (χ1v) is 8.73. The minimum atomic E-state index is -0.889. The molecule has 2 rings (SSSR count). The minimum Gasteiger partial charge on any atom is -0.467 e. The molecule has 6 heteroatoms. The molecular formula is C18H25NO4S. The van der Waals surface area contributed by atoms with Crippen molar-refractivity contribution in [1.82, 2.24) is 4.90 Å². The van der Waals surface area contributed by atoms with E-state index in [1.807, 2.05) is 31.2 Å². The first-order valence-electron chi connectivity index (χ1n) is 8.56. The fraction of sp³-hybridized carbons (Fsp3) is 0.556. The number of benzene rings is 1. The van der Waals surface area contributed by atoms with Gasteiger partial charge in [-0.15, -0.1) is 11.8 Å². The van der Waals surface area contributed by atoms with Crippen molar-refractivity contribution in [2.45, 2.75) is 55.9 Å². The topological polar surface area (TPSA) is 55.8 Å². The van der Waals surface area contributed by atoms with E-state index in [9.17, 15) is 9.59 Å². The summed E-state index contributed by atoms with van der Waals surface area (Å²) in [6.45, 7) is 5.75. The van der Waals surface area contributed by atoms with E-state index in [-0.39, 0.29) is 12.1 Å². The largest absolute Gasteiger partial charge is 0.467 e. The van der Waals surface area contributed by atoms with Crippen molar-refractivity contribution < 1.29 is 20.4 Å². The number of nitrogens with zero attached hydrogens (tertiary/aromatic N) is 1. The summed E-state index contributed by atoms with van der Waals surface area (Å²) in [4.78, 5) is 27.1. The second kappa shape index (κ2) is 7.47. The summed E-state index contributed by atoms with van der Waals surface area (Å²) in [5, 5.41) is 0.0819. The van der Waals surface area contributed by atoms with Gasteiger partial charge in [-0.2, -0.15) is 0 Å². The number of carbonyl (C=O) groups excluding carboxylic acids is 2. The molecule has 0 bridgehead atoms. The van der Waals surface area contributed by atoms with E-state index in [1.54, 1.807) is 25.6 Å². The number of carbonyl (C=O) groups is 2. The van der Waals surface area contributed by atoms with Crippen molar-refractivity contribution >= 4 is 23.8 Å². The van der Waals surface area contributed by atoms with Crippen molar-refractivity contribution in [1.29, 1.82) is 0 Å². The van der Waals surface area contributed by atoms with Gasteiger partial charge < -0.3 is 9.47 Å². The number of thioether (sulfide) groups is 1. The summed E-state index contributed by atoms with van der Waals surface area (Å²) in [5.41, 5.74) is 0.297. The average Bonchev–Trinajstić information content (AvgIpc) is 3.00. The highest BCUT2D eigenvalue weighted by atomic mass is 32.2. The van der Waals surface area contributed by atoms with E-state index in [4.69, 9.17) is 10.8 Å². The molecule has 24 heavy (non-hydrogen) atoms. The van der Waals surface area contributed by atoms with Gasteiger partial charge in [0.2, 0.25) is 0 Å². The molecule has 0 aromatic heterocycles. The fourth-order valence-corrected chi connectivity index (χ4v) is 3.74. The molecule has 5 nitrogen and oxygen atoms in total. The second-order valence-corrected chi connectivity index (χ2v) is 7.98. The van der Waals surface area contributed by atoms with Crippen LogP contribution < -0.4 is 0 Å². The number of esters is 1. The van der Waals surface area contributed by atoms with Gasteiger partial charge in [0.15, 0.2) is 0 Å². The molecule has 0 N–H and O–H groups in total. The molecule has 0 aliphatic carbocycles. The van der Waals surface area contributed by atoms with Gasteiger partial charge in [-0.25, -0.2) is 9.59 Å². The number of likely N-dealkylation sites (tertiary alicyclic amines) is 1. The fourth-order valence-electron chi connectivity index (χ4n) is 2.55. The zero-order chi connectivity index (χ0) is 18.6. The van der Waals surface area contributed by atoms with Crippen LogP contribution in [0.25, 0.3) is 0 Å². The maximum Gasteiger partial charge on any atom is 0.411 e. The molecule has 1 saturated heterocycles. The summed E-state index contributed by atoms with van der Waals surface area (Å²) in [6.07, 6.45) is -0.0543. The Kier molecular flexibility index (Phi) is 5.33. The molecule has 1 aliphatic rings. The third kappa shape index (κ3) is 4.90. The van der Waals surface area contributed by atoms with Crippen molar-refractivity contribution in [3.8, 4) is 0 Å². The second-order valence-electron chi connectivity index (χ2n) is 6.61. The van der Waals surface area contributed by atoms with Gasteiger partial charge in [0.25, 0.3) is 0 Å². The number of hydrogen-bond donors (Lipinski definition) is 0. The summed E-state index contributed by atoms with van der Waals surface area (Å²) in [7, 11) is 1.32. The summed E-state index contributed by atoms with van der Waals surface area (Å²) in [5.74, 6) is -0.437. The van der Waals surface area contributed by atoms with Gasteiger partial charge >= 0.3 is 12.1 Å². The number of ether oxygens (including phenoxy) is 2. The van der Waals surface area contributed by atoms with Gasteiger partial charge in [-0.05, 0) is 46.2 Å². The third-order valence-corrected chi connectivity index (χ3v) is 4.88. The Labute approximate surface area is 149 Å². The normalized spacial score (nSPS) is 21.3. The summed E-state index contributed by atoms with van der Waals surface area (Å²) < 4.78 is 17.7. The highest BCUT2D eigenvalue weighted by Gasteiger charge is 2.42. The van der Waals surface area contributed by atoms with Crippen LogP contribution in [0.5, 0.6) is 0 Å². The van der Waals surface area contributed by atoms with E-state index in [2.05, 4.69) is 0 Å². The summed E-state index contributed by atoms with van der Waals surface area (Å²) >= 11 is 1.64. The van der Waals surface area contributed by atoms with Gasteiger partial charge in [0.1, 0.15) is 11.6 Å². The van der Waals surface area contributed by atoms with Crippen molar-refractivity contribution in [2.75, 3.05) is 13.7 Å². The molecule has 1 heterocycles. The van der Waals surface area contributed by atoms with Gasteiger partial charge in [0, 0.05) is 18.1 Å². The van der Waals surface area contributed by atoms with Crippen LogP contribution in [0, 0.1) is 6.92 Å². The Morgan fingerprint density at radius 2 is 2.00 bits per heavy atom. The summed E-state index contributed by atoms with van der Waals surface area (Å²) in [6, 6.07) is 7.51. The van der Waals surface area contributed by atoms with Crippen LogP contribution in [-0.4, -0.2) is 47.5 Å². The lowest BCUT2D eigenvalue weighted by atomic mass is 10.2. The van der Waals surface area contributed by atoms with Crippen LogP contribution in [0.2, 0.25) is 0 Å². The molecule has 1 aromatic rings. The highest BCUT2D eigenvalue weighted by Crippen LogP contribution is 2.34. The Hall–Kier alpha value is -1.69. The zero-order valence-corrected chi connectivity index (χ0v) is 15.4. The monoisotopic (exact) mass is 352 g/mol. The molecule has 0 radical (unpaired) electrons. The predicted molar refractivity (Wildman–Crippen MR) is 94.2 cm³/mol. The van der Waals surface area contributed by atoms with Crippen LogP contribution >= 0.6 is 11.8 Å². The first-order chi connectivity index (χ1) is 11.8. The number of methoxy groups -OCH3 is 1. The number of rotatable bonds is 3. The van der Waals surface area contributed by atoms with Crippen molar-refractivity contribution in [3.63, 3.8) is 0 Å². The van der Waals surface area contributed by atoms with Gasteiger partial charge in [0.05, 0.1) is 7.11 Å². The standard InChI is InChI=1S/C18H25NO4S/c1-12-6-8-13(9-7-12)24-14-10-15(16(20)22-5)19(11-14)17(21)23-18(2,3)4/h6-9,14-15H,10-11H2,1-5H3/t14-,15+/m1/s1/i2D. The maximum absolute atomic E-state index is 12.5. The molecule has 132 valence electrons. The average molecular weight is 352 g/mol. The van der Waals surface area contributed by atoms with E-state index in [1.165, 1.54) is 17.6 Å². The highest BCUT2D eigenvalue weighted by molar-refractivity contribution is 8.00. The Bertz CT molecular complexity index is 620. The number of hydrogen-bond acceptors (Lipinski definition) is 5. The van der Waals surface area contributed by atoms with E-state index >= 15 is 0 Å². The van der Waals surface area contributed by atoms with Gasteiger partial charge in [-0.3, -0.25) is 4.90 Å². The first kappa shape index (κ1) is 17.1. The van der Waals surface area contributed by atoms with Crippen LogP contribution in [0.3, 0.4) is 0 Å². The Morgan fingerprint density at radius 3 is 2.58 bits per heavy atom. The Balaban J connectivity index is 2.10. The van der Waals surface area contributed by atoms with Crippen molar-refractivity contribution in [2.24, 2.45) is 0 Å². The lowest BCUT2D eigenvalue weighted by Gasteiger charge is -2.27. The van der Waals surface area contributed by atoms with Crippen LogP contribution in [0.4, 0.5) is 4.79 Å². The van der Waals surface area contributed by atoms with E-state index in [0.29, 0.717) is 13.0 Å². The number of amides is 1. The van der Waals surface area contributed by atoms with Crippen molar-refractivity contribution in [3.05, 3.63) is 29.8 Å².